The van der Waals surface area contributed by atoms with Crippen LogP contribution in [0.2, 0.25) is 0 Å². The molecule has 18 heavy (non-hydrogen) atoms. The van der Waals surface area contributed by atoms with Crippen molar-refractivity contribution in [3.8, 4) is 0 Å². The maximum Gasteiger partial charge on any atom is 0.223 e. The number of nitrogens with one attached hydrogen (secondary N) is 2. The van der Waals surface area contributed by atoms with Gasteiger partial charge in [0.05, 0.1) is 6.10 Å². The molecule has 0 bridgehead atoms. The number of carbonyl (C=O) groups is 1. The third kappa shape index (κ3) is 2.05. The van der Waals surface area contributed by atoms with Gasteiger partial charge in [0.1, 0.15) is 0 Å². The summed E-state index contributed by atoms with van der Waals surface area (Å²) in [4.78, 5) is 11.5. The molecule has 1 aliphatic heterocycles. The molecule has 3 fully saturated rings. The van der Waals surface area contributed by atoms with Crippen LogP contribution in [0.3, 0.4) is 0 Å². The Kier molecular flexibility index (Phi) is 3.10. The number of fused-ring (bicyclic) bond motifs is 1. The van der Waals surface area contributed by atoms with Gasteiger partial charge in [-0.05, 0) is 19.3 Å². The minimum Gasteiger partial charge on any atom is -0.377 e. The van der Waals surface area contributed by atoms with Gasteiger partial charge < -0.3 is 15.4 Å². The lowest BCUT2D eigenvalue weighted by Gasteiger charge is -2.55. The molecule has 2 N–H and O–H groups in total. The first-order chi connectivity index (χ1) is 8.60. The number of hydrogen-bond donors (Lipinski definition) is 2. The Labute approximate surface area is 109 Å². The summed E-state index contributed by atoms with van der Waals surface area (Å²) in [5.41, 5.74) is 0.238. The molecular weight excluding hydrogens is 228 g/mol. The number of amides is 1. The second-order valence-corrected chi connectivity index (χ2v) is 6.56. The predicted molar refractivity (Wildman–Crippen MR) is 69.2 cm³/mol. The Hall–Kier alpha value is -0.610. The van der Waals surface area contributed by atoms with Crippen LogP contribution in [0.5, 0.6) is 0 Å². The number of ether oxygens (including phenoxy) is 1. The van der Waals surface area contributed by atoms with Crippen molar-refractivity contribution < 1.29 is 9.53 Å². The standard InChI is InChI=1S/C14H24N2O2/c1-14(2)11(10-5-8-18-12(10)14)15-6-7-16-13(17)9-3-4-9/h9-12,15H,3-8H2,1-2H3,(H,16,17). The SMILES string of the molecule is CC1(C)C(NCCNC(=O)C2CC2)C2CCOC21. The van der Waals surface area contributed by atoms with Crippen molar-refractivity contribution in [2.45, 2.75) is 45.3 Å². The van der Waals surface area contributed by atoms with E-state index in [1.807, 2.05) is 0 Å². The van der Waals surface area contributed by atoms with Crippen LogP contribution in [0.4, 0.5) is 0 Å². The molecule has 0 aromatic heterocycles. The van der Waals surface area contributed by atoms with Gasteiger partial charge in [0.2, 0.25) is 5.91 Å². The molecule has 3 aliphatic rings. The van der Waals surface area contributed by atoms with Gasteiger partial charge in [-0.15, -0.1) is 0 Å². The molecule has 0 aromatic carbocycles. The highest BCUT2D eigenvalue weighted by Crippen LogP contribution is 2.51. The highest BCUT2D eigenvalue weighted by molar-refractivity contribution is 5.80. The van der Waals surface area contributed by atoms with Crippen LogP contribution in [0, 0.1) is 17.3 Å². The van der Waals surface area contributed by atoms with Gasteiger partial charge in [0, 0.05) is 43.0 Å². The lowest BCUT2D eigenvalue weighted by molar-refractivity contribution is -0.122. The highest BCUT2D eigenvalue weighted by atomic mass is 16.5. The van der Waals surface area contributed by atoms with Crippen LogP contribution in [0.1, 0.15) is 33.1 Å². The van der Waals surface area contributed by atoms with E-state index in [9.17, 15) is 4.79 Å². The molecule has 0 radical (unpaired) electrons. The summed E-state index contributed by atoms with van der Waals surface area (Å²) in [5.74, 6) is 1.24. The molecule has 1 heterocycles. The van der Waals surface area contributed by atoms with Crippen molar-refractivity contribution in [2.24, 2.45) is 17.3 Å². The van der Waals surface area contributed by atoms with E-state index in [1.54, 1.807) is 0 Å². The lowest BCUT2D eigenvalue weighted by atomic mass is 9.57. The number of carbonyl (C=O) groups excluding carboxylic acids is 1. The average molecular weight is 252 g/mol. The molecule has 0 aromatic rings. The first-order valence-corrected chi connectivity index (χ1v) is 7.23. The molecule has 102 valence electrons. The third-order valence-corrected chi connectivity index (χ3v) is 4.84. The Balaban J connectivity index is 1.39. The predicted octanol–water partition coefficient (Wildman–Crippen LogP) is 0.916. The molecule has 3 atom stereocenters. The minimum atomic E-state index is 0.238. The van der Waals surface area contributed by atoms with Crippen LogP contribution >= 0.6 is 0 Å². The quantitative estimate of drug-likeness (QED) is 0.715. The van der Waals surface area contributed by atoms with E-state index in [4.69, 9.17) is 4.74 Å². The van der Waals surface area contributed by atoms with E-state index in [-0.39, 0.29) is 11.3 Å². The van der Waals surface area contributed by atoms with E-state index >= 15 is 0 Å². The minimum absolute atomic E-state index is 0.238. The molecule has 2 aliphatic carbocycles. The van der Waals surface area contributed by atoms with Gasteiger partial charge in [-0.2, -0.15) is 0 Å². The van der Waals surface area contributed by atoms with Crippen LogP contribution < -0.4 is 10.6 Å². The summed E-state index contributed by atoms with van der Waals surface area (Å²) in [5, 5.41) is 6.60. The van der Waals surface area contributed by atoms with E-state index in [0.717, 1.165) is 32.5 Å². The van der Waals surface area contributed by atoms with Gasteiger partial charge >= 0.3 is 0 Å². The highest BCUT2D eigenvalue weighted by Gasteiger charge is 2.58. The van der Waals surface area contributed by atoms with Gasteiger partial charge in [-0.3, -0.25) is 4.79 Å². The van der Waals surface area contributed by atoms with Gasteiger partial charge in [0.15, 0.2) is 0 Å². The van der Waals surface area contributed by atoms with Crippen LogP contribution in [-0.2, 0) is 9.53 Å². The molecule has 1 saturated heterocycles. The maximum absolute atomic E-state index is 11.5. The summed E-state index contributed by atoms with van der Waals surface area (Å²) in [6.07, 6.45) is 3.78. The van der Waals surface area contributed by atoms with Gasteiger partial charge in [-0.1, -0.05) is 13.8 Å². The molecule has 0 spiro atoms. The Morgan fingerprint density at radius 2 is 2.06 bits per heavy atom. The fourth-order valence-corrected chi connectivity index (χ4v) is 3.64. The van der Waals surface area contributed by atoms with Crippen molar-refractivity contribution in [2.75, 3.05) is 19.7 Å². The Morgan fingerprint density at radius 1 is 1.28 bits per heavy atom. The molecule has 1 amide bonds. The smallest absolute Gasteiger partial charge is 0.223 e. The average Bonchev–Trinajstić information content (AvgIpc) is 3.08. The fourth-order valence-electron chi connectivity index (χ4n) is 3.64. The molecular formula is C14H24N2O2. The summed E-state index contributed by atoms with van der Waals surface area (Å²) in [7, 11) is 0. The van der Waals surface area contributed by atoms with Crippen molar-refractivity contribution in [3.05, 3.63) is 0 Å². The van der Waals surface area contributed by atoms with Crippen LogP contribution in [0.25, 0.3) is 0 Å². The maximum atomic E-state index is 11.5. The van der Waals surface area contributed by atoms with Crippen LogP contribution in [0.15, 0.2) is 0 Å². The second kappa shape index (κ2) is 4.49. The molecule has 3 unspecified atom stereocenters. The summed E-state index contributed by atoms with van der Waals surface area (Å²) in [6.45, 7) is 7.09. The molecule has 4 nitrogen and oxygen atoms in total. The van der Waals surface area contributed by atoms with E-state index in [0.29, 0.717) is 24.0 Å². The molecule has 3 rings (SSSR count). The number of rotatable bonds is 5. The topological polar surface area (TPSA) is 50.4 Å². The lowest BCUT2D eigenvalue weighted by Crippen LogP contribution is -2.66. The first kappa shape index (κ1) is 12.4. The Morgan fingerprint density at radius 3 is 2.78 bits per heavy atom. The zero-order chi connectivity index (χ0) is 12.8. The largest absolute Gasteiger partial charge is 0.377 e. The van der Waals surface area contributed by atoms with Crippen molar-refractivity contribution >= 4 is 5.91 Å². The molecule has 2 saturated carbocycles. The fraction of sp³-hybridized carbons (Fsp3) is 0.929. The summed E-state index contributed by atoms with van der Waals surface area (Å²) >= 11 is 0. The summed E-state index contributed by atoms with van der Waals surface area (Å²) < 4.78 is 5.77. The Bertz CT molecular complexity index is 339. The first-order valence-electron chi connectivity index (χ1n) is 7.23. The van der Waals surface area contributed by atoms with E-state index in [2.05, 4.69) is 24.5 Å². The number of hydrogen-bond acceptors (Lipinski definition) is 3. The van der Waals surface area contributed by atoms with Crippen molar-refractivity contribution in [1.29, 1.82) is 0 Å². The van der Waals surface area contributed by atoms with Crippen LogP contribution in [-0.4, -0.2) is 37.7 Å². The zero-order valence-electron chi connectivity index (χ0n) is 11.4. The third-order valence-electron chi connectivity index (χ3n) is 4.84. The molecule has 4 heteroatoms. The van der Waals surface area contributed by atoms with E-state index in [1.165, 1.54) is 6.42 Å². The van der Waals surface area contributed by atoms with Crippen molar-refractivity contribution in [1.82, 2.24) is 10.6 Å². The monoisotopic (exact) mass is 252 g/mol. The normalized spacial score (nSPS) is 36.9. The van der Waals surface area contributed by atoms with Gasteiger partial charge in [-0.25, -0.2) is 0 Å². The summed E-state index contributed by atoms with van der Waals surface area (Å²) in [6, 6.07) is 0.544. The zero-order valence-corrected chi connectivity index (χ0v) is 11.4. The van der Waals surface area contributed by atoms with Crippen molar-refractivity contribution in [3.63, 3.8) is 0 Å². The van der Waals surface area contributed by atoms with E-state index < -0.39 is 0 Å². The van der Waals surface area contributed by atoms with Gasteiger partial charge in [0.25, 0.3) is 0 Å². The second-order valence-electron chi connectivity index (χ2n) is 6.56.